The van der Waals surface area contributed by atoms with Gasteiger partial charge in [0.25, 0.3) is 0 Å². The zero-order valence-electron chi connectivity index (χ0n) is 16.1. The maximum absolute atomic E-state index is 9.89. The van der Waals surface area contributed by atoms with Gasteiger partial charge in [-0.15, -0.1) is 18.9 Å². The molecule has 0 bridgehead atoms. The zero-order valence-corrected chi connectivity index (χ0v) is 17.9. The Morgan fingerprint density at radius 2 is 1.59 bits per heavy atom. The van der Waals surface area contributed by atoms with E-state index < -0.39 is 8.92 Å². The molecule has 152 valence electrons. The molecule has 0 aliphatic heterocycles. The first-order valence-electron chi connectivity index (χ1n) is 8.92. The number of hydrogen-bond donors (Lipinski definition) is 2. The van der Waals surface area contributed by atoms with Crippen molar-refractivity contribution < 1.29 is 25.5 Å². The summed E-state index contributed by atoms with van der Waals surface area (Å²) in [6.07, 6.45) is 8.52. The van der Waals surface area contributed by atoms with Crippen LogP contribution in [-0.2, 0) is 13.9 Å². The van der Waals surface area contributed by atoms with Crippen molar-refractivity contribution in [2.45, 2.75) is 49.8 Å². The molecule has 0 spiro atoms. The van der Waals surface area contributed by atoms with Crippen molar-refractivity contribution in [3.63, 3.8) is 0 Å². The maximum Gasteiger partial charge on any atom is 0 e. The Labute approximate surface area is 173 Å². The maximum atomic E-state index is 9.89. The first-order valence-corrected chi connectivity index (χ1v) is 11.2. The molecule has 3 N–H and O–H groups in total. The summed E-state index contributed by atoms with van der Waals surface area (Å²) < 4.78 is 0. The van der Waals surface area contributed by atoms with E-state index in [4.69, 9.17) is 26.0 Å². The van der Waals surface area contributed by atoms with Crippen LogP contribution >= 0.6 is 8.92 Å². The van der Waals surface area contributed by atoms with Crippen LogP contribution in [0.3, 0.4) is 0 Å². The molecule has 0 fully saturated rings. The van der Waals surface area contributed by atoms with Gasteiger partial charge in [0, 0.05) is 7.34 Å². The van der Waals surface area contributed by atoms with Crippen LogP contribution in [0.15, 0.2) is 46.2 Å². The minimum absolute atomic E-state index is 0. The number of nitrogens with one attached hydrogen (secondary N) is 1. The molecule has 2 rings (SSSR count). The summed E-state index contributed by atoms with van der Waals surface area (Å²) in [4.78, 5) is 1.41. The fourth-order valence-electron chi connectivity index (χ4n) is 2.32. The Balaban J connectivity index is 0.000000627. The van der Waals surface area contributed by atoms with Crippen LogP contribution in [0, 0.1) is 32.1 Å². The topological polar surface area (TPSA) is 64.3 Å². The van der Waals surface area contributed by atoms with E-state index in [1.165, 1.54) is 6.42 Å². The molecule has 3 nitrogen and oxygen atoms in total. The van der Waals surface area contributed by atoms with Crippen LogP contribution < -0.4 is 0 Å². The second-order valence-corrected chi connectivity index (χ2v) is 8.94. The van der Waals surface area contributed by atoms with E-state index in [2.05, 4.69) is 12.8 Å². The fraction of sp³-hybridized carbons (Fsp3) is 0.364. The van der Waals surface area contributed by atoms with E-state index in [9.17, 15) is 10.2 Å². The monoisotopic (exact) mass is 430 g/mol. The molecule has 0 aliphatic carbocycles. The first kappa shape index (κ1) is 23.4. The fourth-order valence-corrected chi connectivity index (χ4v) is 4.57. The molecule has 2 aromatic carbocycles. The van der Waals surface area contributed by atoms with Crippen LogP contribution in [0.25, 0.3) is 5.73 Å². The average Bonchev–Trinajstić information content (AvgIpc) is 2.66. The summed E-state index contributed by atoms with van der Waals surface area (Å²) in [5.41, 5.74) is 9.09. The van der Waals surface area contributed by atoms with Crippen LogP contribution in [0.5, 0.6) is 11.5 Å². The van der Waals surface area contributed by atoms with Gasteiger partial charge in [0.1, 0.15) is 0 Å². The van der Waals surface area contributed by atoms with Crippen LogP contribution in [0.1, 0.15) is 38.7 Å². The molecule has 27 heavy (non-hydrogen) atoms. The largest absolute Gasteiger partial charge is 0 e. The van der Waals surface area contributed by atoms with E-state index in [1.54, 1.807) is 12.1 Å². The standard InChI is InChI=1S/C14H14O2S.C8H14N.Ni.H2/c1-9-3-5-11(15)13(7-9)17-14-8-10(2)4-6-12(14)16;1-3-5-6-8(4-2)7-9;;/h3-8,15-16H,1-2H3;2,8-9H,3,5-7H2,1H3;;1H/q;-1;;. The molecule has 0 amide bonds. The molecular weight excluding hydrogens is 401 g/mol. The molecule has 0 saturated heterocycles. The predicted octanol–water partition coefficient (Wildman–Crippen LogP) is 6.59. The van der Waals surface area contributed by atoms with Gasteiger partial charge < -0.3 is 5.73 Å². The predicted molar refractivity (Wildman–Crippen MR) is 113 cm³/mol. The van der Waals surface area contributed by atoms with Crippen molar-refractivity contribution in [3.8, 4) is 23.8 Å². The minimum Gasteiger partial charge on any atom is 0 e. The molecule has 0 heterocycles. The van der Waals surface area contributed by atoms with Crippen molar-refractivity contribution >= 4 is 8.92 Å². The van der Waals surface area contributed by atoms with E-state index in [1.807, 2.05) is 38.1 Å². The van der Waals surface area contributed by atoms with Crippen LogP contribution in [-0.4, -0.2) is 16.8 Å². The Hall–Kier alpha value is -1.60. The summed E-state index contributed by atoms with van der Waals surface area (Å²) >= 11 is 5.13. The van der Waals surface area contributed by atoms with E-state index in [0.29, 0.717) is 16.3 Å². The van der Waals surface area contributed by atoms with Crippen molar-refractivity contribution in [1.29, 1.82) is 0 Å². The van der Waals surface area contributed by atoms with Crippen LogP contribution in [0.4, 0.5) is 0 Å². The molecule has 2 aromatic rings. The number of aryl methyl sites for hydroxylation is 2. The van der Waals surface area contributed by atoms with Gasteiger partial charge >= 0.3 is 116 Å². The number of phenolic OH excluding ortho intramolecular Hbond substituents is 2. The average molecular weight is 431 g/mol. The number of aromatic hydroxyl groups is 2. The van der Waals surface area contributed by atoms with Gasteiger partial charge in [-0.3, -0.25) is 0 Å². The normalized spacial score (nSPS) is 11.5. The molecule has 1 unspecified atom stereocenters. The van der Waals surface area contributed by atoms with Gasteiger partial charge in [0.2, 0.25) is 0 Å². The zero-order chi connectivity index (χ0) is 20.4. The Kier molecular flexibility index (Phi) is 10.4. The Morgan fingerprint density at radius 1 is 1.11 bits per heavy atom. The number of terminal acetylenes is 1. The van der Waals surface area contributed by atoms with Gasteiger partial charge in [-0.25, -0.2) is 0 Å². The van der Waals surface area contributed by atoms with E-state index in [-0.39, 0.29) is 18.8 Å². The SMILES string of the molecule is C#CC(C[NH-])CCCC.Cc1ccc(O)c([S](=[Ni])c2cc(C)ccc2O)c1.[HH]. The van der Waals surface area contributed by atoms with Gasteiger partial charge in [0.05, 0.1) is 0 Å². The van der Waals surface area contributed by atoms with Gasteiger partial charge in [0.15, 0.2) is 0 Å². The number of benzene rings is 2. The van der Waals surface area contributed by atoms with E-state index in [0.717, 1.165) is 24.0 Å². The first-order chi connectivity index (χ1) is 12.8. The van der Waals surface area contributed by atoms with Crippen molar-refractivity contribution in [1.82, 2.24) is 0 Å². The van der Waals surface area contributed by atoms with Crippen molar-refractivity contribution in [2.75, 3.05) is 6.54 Å². The third-order valence-electron chi connectivity index (χ3n) is 3.98. The van der Waals surface area contributed by atoms with Gasteiger partial charge in [-0.1, -0.05) is 19.8 Å². The summed E-state index contributed by atoms with van der Waals surface area (Å²) in [5.74, 6) is 3.18. The summed E-state index contributed by atoms with van der Waals surface area (Å²) in [7, 11) is -0.715. The smallest absolute Gasteiger partial charge is 0 e. The third kappa shape index (κ3) is 7.50. The summed E-state index contributed by atoms with van der Waals surface area (Å²) in [5, 5.41) is 19.8. The molecule has 5 heteroatoms. The molecule has 0 saturated carbocycles. The Morgan fingerprint density at radius 3 is 1.96 bits per heavy atom. The number of rotatable bonds is 6. The third-order valence-corrected chi connectivity index (χ3v) is 6.65. The molecule has 1 atom stereocenters. The Bertz CT molecular complexity index is 767. The second-order valence-electron chi connectivity index (χ2n) is 6.38. The summed E-state index contributed by atoms with van der Waals surface area (Å²) in [6.45, 7) is 6.43. The van der Waals surface area contributed by atoms with Gasteiger partial charge in [-0.2, -0.15) is 0 Å². The van der Waals surface area contributed by atoms with E-state index >= 15 is 0 Å². The molecule has 0 aromatic heterocycles. The minimum atomic E-state index is -0.715. The number of unbranched alkanes of at least 4 members (excludes halogenated alkanes) is 1. The molecular formula is C22H30NNiO2S-. The quantitative estimate of drug-likeness (QED) is 0.401. The molecule has 0 aliphatic rings. The number of hydrogen-bond acceptors (Lipinski definition) is 2. The second kappa shape index (κ2) is 12.0. The molecule has 0 radical (unpaired) electrons. The van der Waals surface area contributed by atoms with Crippen LogP contribution in [0.2, 0.25) is 0 Å². The van der Waals surface area contributed by atoms with Gasteiger partial charge in [-0.05, 0) is 6.42 Å². The van der Waals surface area contributed by atoms with Crippen molar-refractivity contribution in [2.24, 2.45) is 5.92 Å². The number of phenols is 2. The van der Waals surface area contributed by atoms with Crippen molar-refractivity contribution in [3.05, 3.63) is 53.3 Å². The summed E-state index contributed by atoms with van der Waals surface area (Å²) in [6, 6.07) is 10.7.